The van der Waals surface area contributed by atoms with E-state index in [1.165, 1.54) is 27.2 Å². The number of thiophene rings is 1. The van der Waals surface area contributed by atoms with Crippen LogP contribution in [0.25, 0.3) is 0 Å². The summed E-state index contributed by atoms with van der Waals surface area (Å²) in [6, 6.07) is 9.23. The largest absolute Gasteiger partial charge is 0.416 e. The molecule has 9 heteroatoms. The van der Waals surface area contributed by atoms with Crippen LogP contribution in [0.15, 0.2) is 41.8 Å². The highest BCUT2D eigenvalue weighted by atomic mass is 32.1. The molecule has 0 bridgehead atoms. The molecule has 0 saturated heterocycles. The maximum atomic E-state index is 12.9. The van der Waals surface area contributed by atoms with Gasteiger partial charge in [-0.05, 0) is 55.6 Å². The van der Waals surface area contributed by atoms with Gasteiger partial charge < -0.3 is 5.32 Å². The predicted molar refractivity (Wildman–Crippen MR) is 127 cm³/mol. The van der Waals surface area contributed by atoms with Crippen molar-refractivity contribution in [2.24, 2.45) is 5.92 Å². The van der Waals surface area contributed by atoms with Gasteiger partial charge in [-0.1, -0.05) is 26.0 Å². The number of hydrogen-bond donors (Lipinski definition) is 1. The summed E-state index contributed by atoms with van der Waals surface area (Å²) >= 11 is 3.21. The highest BCUT2D eigenvalue weighted by Gasteiger charge is 2.30. The summed E-state index contributed by atoms with van der Waals surface area (Å²) in [5.74, 6) is 0.198. The molecule has 0 fully saturated rings. The maximum absolute atomic E-state index is 12.9. The van der Waals surface area contributed by atoms with Crippen LogP contribution in [-0.4, -0.2) is 22.3 Å². The topological polar surface area (TPSA) is 45.2 Å². The summed E-state index contributed by atoms with van der Waals surface area (Å²) in [6.07, 6.45) is -3.34. The number of halogens is 3. The van der Waals surface area contributed by atoms with E-state index >= 15 is 0 Å². The lowest BCUT2D eigenvalue weighted by atomic mass is 10.1. The van der Waals surface area contributed by atoms with Gasteiger partial charge in [0.2, 0.25) is 0 Å². The highest BCUT2D eigenvalue weighted by molar-refractivity contribution is 7.11. The number of nitrogens with one attached hydrogen (secondary N) is 1. The van der Waals surface area contributed by atoms with Crippen molar-refractivity contribution in [1.29, 1.82) is 0 Å². The SMILES string of the molecule is Cc1ccc(CN(CCC(C)C)Cc2nc(C(=O)NCc3cccc(C(F)(F)F)c3)cs2)s1. The fourth-order valence-corrected chi connectivity index (χ4v) is 5.00. The number of aryl methyl sites for hydroxylation is 1. The number of aromatic nitrogens is 1. The van der Waals surface area contributed by atoms with Gasteiger partial charge >= 0.3 is 6.18 Å². The van der Waals surface area contributed by atoms with Gasteiger partial charge in [0.25, 0.3) is 5.91 Å². The van der Waals surface area contributed by atoms with Crippen molar-refractivity contribution < 1.29 is 18.0 Å². The van der Waals surface area contributed by atoms with E-state index in [0.29, 0.717) is 18.0 Å². The molecule has 4 nitrogen and oxygen atoms in total. The van der Waals surface area contributed by atoms with Crippen LogP contribution in [-0.2, 0) is 25.8 Å². The van der Waals surface area contributed by atoms with Crippen molar-refractivity contribution >= 4 is 28.6 Å². The summed E-state index contributed by atoms with van der Waals surface area (Å²) in [5, 5.41) is 5.21. The Hall–Kier alpha value is -2.23. The van der Waals surface area contributed by atoms with Crippen LogP contribution >= 0.6 is 22.7 Å². The molecule has 0 atom stereocenters. The first-order valence-electron chi connectivity index (χ1n) is 10.8. The van der Waals surface area contributed by atoms with Crippen molar-refractivity contribution in [3.63, 3.8) is 0 Å². The molecule has 178 valence electrons. The zero-order valence-corrected chi connectivity index (χ0v) is 20.5. The first kappa shape index (κ1) is 25.4. The van der Waals surface area contributed by atoms with E-state index in [1.807, 2.05) is 0 Å². The van der Waals surface area contributed by atoms with E-state index in [9.17, 15) is 18.0 Å². The summed E-state index contributed by atoms with van der Waals surface area (Å²) < 4.78 is 38.6. The molecule has 0 aliphatic carbocycles. The molecule has 2 heterocycles. The molecule has 1 amide bonds. The Morgan fingerprint density at radius 1 is 1.18 bits per heavy atom. The zero-order valence-electron chi connectivity index (χ0n) is 18.9. The number of thiazole rings is 1. The van der Waals surface area contributed by atoms with Gasteiger partial charge in [0.1, 0.15) is 10.7 Å². The Kier molecular flexibility index (Phi) is 8.67. The lowest BCUT2D eigenvalue weighted by molar-refractivity contribution is -0.137. The van der Waals surface area contributed by atoms with Gasteiger partial charge in [-0.3, -0.25) is 9.69 Å². The van der Waals surface area contributed by atoms with Crippen molar-refractivity contribution in [2.75, 3.05) is 6.54 Å². The fraction of sp³-hybridized carbons (Fsp3) is 0.417. The van der Waals surface area contributed by atoms with Gasteiger partial charge in [-0.25, -0.2) is 4.98 Å². The van der Waals surface area contributed by atoms with Crippen LogP contribution in [0, 0.1) is 12.8 Å². The monoisotopic (exact) mass is 495 g/mol. The molecule has 1 aromatic carbocycles. The number of amides is 1. The van der Waals surface area contributed by atoms with E-state index < -0.39 is 17.6 Å². The number of benzene rings is 1. The summed E-state index contributed by atoms with van der Waals surface area (Å²) in [7, 11) is 0. The number of rotatable bonds is 10. The first-order chi connectivity index (χ1) is 15.6. The van der Waals surface area contributed by atoms with Crippen LogP contribution in [0.5, 0.6) is 0 Å². The molecule has 3 aromatic rings. The minimum Gasteiger partial charge on any atom is -0.347 e. The zero-order chi connectivity index (χ0) is 24.0. The van der Waals surface area contributed by atoms with E-state index in [4.69, 9.17) is 0 Å². The van der Waals surface area contributed by atoms with Crippen molar-refractivity contribution in [3.05, 3.63) is 73.4 Å². The van der Waals surface area contributed by atoms with Crippen molar-refractivity contribution in [3.8, 4) is 0 Å². The van der Waals surface area contributed by atoms with E-state index in [-0.39, 0.29) is 12.2 Å². The number of nitrogens with zero attached hydrogens (tertiary/aromatic N) is 2. The standard InChI is InChI=1S/C24H28F3N3OS2/c1-16(2)9-10-30(13-20-8-7-17(3)33-20)14-22-29-21(15-32-22)23(31)28-12-18-5-4-6-19(11-18)24(25,26)27/h4-8,11,15-16H,9-10,12-14H2,1-3H3,(H,28,31). The fourth-order valence-electron chi connectivity index (χ4n) is 3.25. The maximum Gasteiger partial charge on any atom is 0.416 e. The second kappa shape index (κ2) is 11.3. The van der Waals surface area contributed by atoms with E-state index in [1.54, 1.807) is 22.8 Å². The molecule has 33 heavy (non-hydrogen) atoms. The van der Waals surface area contributed by atoms with Crippen LogP contribution in [0.3, 0.4) is 0 Å². The number of carbonyl (C=O) groups is 1. The molecule has 0 aliphatic heterocycles. The third kappa shape index (κ3) is 7.94. The quantitative estimate of drug-likeness (QED) is 0.349. The second-order valence-electron chi connectivity index (χ2n) is 8.41. The summed E-state index contributed by atoms with van der Waals surface area (Å²) in [4.78, 5) is 21.9. The van der Waals surface area contributed by atoms with Crippen LogP contribution in [0.2, 0.25) is 0 Å². The Morgan fingerprint density at radius 2 is 1.97 bits per heavy atom. The second-order valence-corrected chi connectivity index (χ2v) is 10.7. The minimum absolute atomic E-state index is 0.00779. The average molecular weight is 496 g/mol. The molecule has 0 aliphatic rings. The van der Waals surface area contributed by atoms with Crippen LogP contribution in [0.1, 0.15) is 56.6 Å². The average Bonchev–Trinajstić information content (AvgIpc) is 3.38. The molecule has 0 spiro atoms. The summed E-state index contributed by atoms with van der Waals surface area (Å²) in [6.45, 7) is 8.92. The van der Waals surface area contributed by atoms with Crippen LogP contribution < -0.4 is 5.32 Å². The molecule has 1 N–H and O–H groups in total. The van der Waals surface area contributed by atoms with Gasteiger partial charge in [0.05, 0.1) is 12.1 Å². The Labute approximate surface area is 200 Å². The lowest BCUT2D eigenvalue weighted by Gasteiger charge is -2.21. The minimum atomic E-state index is -4.41. The Morgan fingerprint density at radius 3 is 2.64 bits per heavy atom. The van der Waals surface area contributed by atoms with Gasteiger partial charge in [0.15, 0.2) is 0 Å². The van der Waals surface area contributed by atoms with Gasteiger partial charge in [-0.15, -0.1) is 22.7 Å². The lowest BCUT2D eigenvalue weighted by Crippen LogP contribution is -2.25. The predicted octanol–water partition coefficient (Wildman–Crippen LogP) is 6.51. The molecular formula is C24H28F3N3OS2. The van der Waals surface area contributed by atoms with Crippen molar-refractivity contribution in [2.45, 2.75) is 53.0 Å². The Balaban J connectivity index is 1.60. The number of carbonyl (C=O) groups excluding carboxylic acids is 1. The third-order valence-corrected chi connectivity index (χ3v) is 6.87. The normalized spacial score (nSPS) is 12.0. The van der Waals surface area contributed by atoms with Gasteiger partial charge in [0, 0.05) is 28.2 Å². The van der Waals surface area contributed by atoms with Crippen LogP contribution in [0.4, 0.5) is 13.2 Å². The van der Waals surface area contributed by atoms with Crippen molar-refractivity contribution in [1.82, 2.24) is 15.2 Å². The van der Waals surface area contributed by atoms with E-state index in [2.05, 4.69) is 48.1 Å². The summed E-state index contributed by atoms with van der Waals surface area (Å²) in [5.41, 5.74) is -0.0508. The molecule has 2 aromatic heterocycles. The third-order valence-electron chi connectivity index (χ3n) is 5.05. The highest BCUT2D eigenvalue weighted by Crippen LogP contribution is 2.29. The molecule has 0 radical (unpaired) electrons. The van der Waals surface area contributed by atoms with Gasteiger partial charge in [-0.2, -0.15) is 13.2 Å². The smallest absolute Gasteiger partial charge is 0.347 e. The molecule has 0 unspecified atom stereocenters. The molecule has 0 saturated carbocycles. The number of hydrogen-bond acceptors (Lipinski definition) is 5. The molecular weight excluding hydrogens is 467 g/mol. The number of alkyl halides is 3. The molecule has 3 rings (SSSR count). The Bertz CT molecular complexity index is 1060. The first-order valence-corrected chi connectivity index (χ1v) is 12.5. The van der Waals surface area contributed by atoms with E-state index in [0.717, 1.165) is 36.7 Å².